The van der Waals surface area contributed by atoms with Gasteiger partial charge in [-0.25, -0.2) is 4.39 Å². The molecule has 1 heterocycles. The molecule has 0 N–H and O–H groups in total. The minimum Gasteiger partial charge on any atom is -0.491 e. The Morgan fingerprint density at radius 1 is 1.21 bits per heavy atom. The Kier molecular flexibility index (Phi) is 2.29. The van der Waals surface area contributed by atoms with E-state index in [0.717, 1.165) is 10.1 Å². The fourth-order valence-electron chi connectivity index (χ4n) is 1.41. The van der Waals surface area contributed by atoms with E-state index in [4.69, 9.17) is 9.47 Å². The van der Waals surface area contributed by atoms with Crippen LogP contribution in [0.2, 0.25) is 0 Å². The molecule has 0 aliphatic rings. The van der Waals surface area contributed by atoms with Crippen LogP contribution in [0, 0.1) is 5.82 Å². The molecule has 0 spiro atoms. The van der Waals surface area contributed by atoms with Crippen LogP contribution in [0.4, 0.5) is 4.39 Å². The molecule has 0 aliphatic heterocycles. The van der Waals surface area contributed by atoms with Crippen molar-refractivity contribution in [1.29, 1.82) is 0 Å². The third-order valence-electron chi connectivity index (χ3n) is 2.02. The molecular formula is C10H9FO2S. The standard InChI is InChI=1S/C10H9FO2S/c1-12-8-7(11)5-6-3-4-14-10(6)9(8)13-2/h3-5H,1-2H3. The zero-order valence-electron chi connectivity index (χ0n) is 7.83. The lowest BCUT2D eigenvalue weighted by molar-refractivity contribution is 0.341. The third kappa shape index (κ3) is 1.23. The summed E-state index contributed by atoms with van der Waals surface area (Å²) in [4.78, 5) is 0. The molecule has 0 saturated heterocycles. The van der Waals surface area contributed by atoms with Crippen molar-refractivity contribution in [2.24, 2.45) is 0 Å². The summed E-state index contributed by atoms with van der Waals surface area (Å²) < 4.78 is 24.4. The van der Waals surface area contributed by atoms with E-state index in [1.807, 2.05) is 11.4 Å². The highest BCUT2D eigenvalue weighted by molar-refractivity contribution is 7.17. The Morgan fingerprint density at radius 2 is 1.93 bits per heavy atom. The van der Waals surface area contributed by atoms with Crippen LogP contribution in [0.1, 0.15) is 0 Å². The molecule has 0 fully saturated rings. The summed E-state index contributed by atoms with van der Waals surface area (Å²) in [5.74, 6) is 0.246. The molecule has 14 heavy (non-hydrogen) atoms. The summed E-state index contributed by atoms with van der Waals surface area (Å²) in [6.45, 7) is 0. The van der Waals surface area contributed by atoms with Crippen molar-refractivity contribution in [3.8, 4) is 11.5 Å². The van der Waals surface area contributed by atoms with E-state index in [1.165, 1.54) is 31.6 Å². The average Bonchev–Trinajstić information content (AvgIpc) is 2.62. The highest BCUT2D eigenvalue weighted by atomic mass is 32.1. The zero-order valence-corrected chi connectivity index (χ0v) is 8.65. The minimum absolute atomic E-state index is 0.169. The van der Waals surface area contributed by atoms with Crippen LogP contribution < -0.4 is 9.47 Å². The SMILES string of the molecule is COc1c(F)cc2ccsc2c1OC. The van der Waals surface area contributed by atoms with E-state index in [0.29, 0.717) is 5.75 Å². The normalized spacial score (nSPS) is 10.5. The topological polar surface area (TPSA) is 18.5 Å². The van der Waals surface area contributed by atoms with Crippen molar-refractivity contribution in [3.05, 3.63) is 23.3 Å². The summed E-state index contributed by atoms with van der Waals surface area (Å²) in [6, 6.07) is 3.30. The van der Waals surface area contributed by atoms with Crippen LogP contribution in [0.15, 0.2) is 17.5 Å². The van der Waals surface area contributed by atoms with Gasteiger partial charge in [-0.15, -0.1) is 11.3 Å². The maximum absolute atomic E-state index is 13.4. The molecule has 0 unspecified atom stereocenters. The highest BCUT2D eigenvalue weighted by Gasteiger charge is 2.15. The van der Waals surface area contributed by atoms with Crippen LogP contribution in [0.25, 0.3) is 10.1 Å². The van der Waals surface area contributed by atoms with Crippen molar-refractivity contribution in [3.63, 3.8) is 0 Å². The predicted octanol–water partition coefficient (Wildman–Crippen LogP) is 3.06. The van der Waals surface area contributed by atoms with Gasteiger partial charge in [0.1, 0.15) is 0 Å². The van der Waals surface area contributed by atoms with E-state index < -0.39 is 5.82 Å². The molecule has 0 aliphatic carbocycles. The Morgan fingerprint density at radius 3 is 2.57 bits per heavy atom. The second-order valence-corrected chi connectivity index (χ2v) is 3.68. The third-order valence-corrected chi connectivity index (χ3v) is 2.94. The molecule has 0 atom stereocenters. The van der Waals surface area contributed by atoms with E-state index in [1.54, 1.807) is 0 Å². The minimum atomic E-state index is -0.393. The second-order valence-electron chi connectivity index (χ2n) is 2.76. The molecular weight excluding hydrogens is 203 g/mol. The molecule has 74 valence electrons. The van der Waals surface area contributed by atoms with E-state index in [9.17, 15) is 4.39 Å². The first-order valence-electron chi connectivity index (χ1n) is 4.05. The summed E-state index contributed by atoms with van der Waals surface area (Å²) in [5.41, 5.74) is 0. The van der Waals surface area contributed by atoms with Crippen molar-refractivity contribution in [2.45, 2.75) is 0 Å². The van der Waals surface area contributed by atoms with Gasteiger partial charge in [-0.3, -0.25) is 0 Å². The largest absolute Gasteiger partial charge is 0.491 e. The van der Waals surface area contributed by atoms with Crippen molar-refractivity contribution >= 4 is 21.4 Å². The second kappa shape index (κ2) is 3.46. The molecule has 2 nitrogen and oxygen atoms in total. The number of thiophene rings is 1. The predicted molar refractivity (Wildman–Crippen MR) is 54.9 cm³/mol. The first-order chi connectivity index (χ1) is 6.77. The number of halogens is 1. The Hall–Kier alpha value is -1.29. The monoisotopic (exact) mass is 212 g/mol. The van der Waals surface area contributed by atoms with Gasteiger partial charge in [-0.05, 0) is 22.9 Å². The summed E-state index contributed by atoms with van der Waals surface area (Å²) >= 11 is 1.51. The average molecular weight is 212 g/mol. The van der Waals surface area contributed by atoms with Gasteiger partial charge in [0, 0.05) is 0 Å². The Balaban J connectivity index is 2.82. The first-order valence-corrected chi connectivity index (χ1v) is 4.93. The van der Waals surface area contributed by atoms with Crippen molar-refractivity contribution in [1.82, 2.24) is 0 Å². The van der Waals surface area contributed by atoms with Crippen LogP contribution in [0.3, 0.4) is 0 Å². The number of ether oxygens (including phenoxy) is 2. The fourth-order valence-corrected chi connectivity index (χ4v) is 2.30. The number of methoxy groups -OCH3 is 2. The lowest BCUT2D eigenvalue weighted by Gasteiger charge is -2.08. The maximum atomic E-state index is 13.4. The number of rotatable bonds is 2. The summed E-state index contributed by atoms with van der Waals surface area (Å²) in [7, 11) is 2.94. The number of hydrogen-bond acceptors (Lipinski definition) is 3. The molecule has 4 heteroatoms. The number of benzene rings is 1. The van der Waals surface area contributed by atoms with Gasteiger partial charge in [-0.1, -0.05) is 0 Å². The molecule has 0 amide bonds. The number of hydrogen-bond donors (Lipinski definition) is 0. The summed E-state index contributed by atoms with van der Waals surface area (Å²) in [6.07, 6.45) is 0. The van der Waals surface area contributed by atoms with E-state index in [2.05, 4.69) is 0 Å². The van der Waals surface area contributed by atoms with Crippen LogP contribution in [-0.2, 0) is 0 Å². The van der Waals surface area contributed by atoms with Gasteiger partial charge in [0.2, 0.25) is 0 Å². The maximum Gasteiger partial charge on any atom is 0.198 e. The first kappa shape index (κ1) is 9.27. The van der Waals surface area contributed by atoms with Crippen LogP contribution in [-0.4, -0.2) is 14.2 Å². The summed E-state index contributed by atoms with van der Waals surface area (Å²) in [5, 5.41) is 2.73. The van der Waals surface area contributed by atoms with Crippen LogP contribution >= 0.6 is 11.3 Å². The molecule has 1 aromatic carbocycles. The number of fused-ring (bicyclic) bond motifs is 1. The quantitative estimate of drug-likeness (QED) is 0.761. The van der Waals surface area contributed by atoms with E-state index >= 15 is 0 Å². The van der Waals surface area contributed by atoms with Crippen LogP contribution in [0.5, 0.6) is 11.5 Å². The Labute approximate surface area is 84.9 Å². The van der Waals surface area contributed by atoms with Gasteiger partial charge >= 0.3 is 0 Å². The zero-order chi connectivity index (χ0) is 10.1. The molecule has 0 radical (unpaired) electrons. The van der Waals surface area contributed by atoms with Gasteiger partial charge < -0.3 is 9.47 Å². The molecule has 2 rings (SSSR count). The fraction of sp³-hybridized carbons (Fsp3) is 0.200. The lowest BCUT2D eigenvalue weighted by Crippen LogP contribution is -1.93. The lowest BCUT2D eigenvalue weighted by atomic mass is 10.2. The molecule has 1 aromatic heterocycles. The van der Waals surface area contributed by atoms with Crippen molar-refractivity contribution < 1.29 is 13.9 Å². The molecule has 2 aromatic rings. The Bertz CT molecular complexity index is 464. The highest BCUT2D eigenvalue weighted by Crippen LogP contribution is 2.40. The van der Waals surface area contributed by atoms with E-state index in [-0.39, 0.29) is 5.75 Å². The molecule has 0 saturated carbocycles. The van der Waals surface area contributed by atoms with Crippen molar-refractivity contribution in [2.75, 3.05) is 14.2 Å². The molecule has 0 bridgehead atoms. The van der Waals surface area contributed by atoms with Gasteiger partial charge in [0.15, 0.2) is 17.3 Å². The van der Waals surface area contributed by atoms with Gasteiger partial charge in [0.05, 0.1) is 18.9 Å². The van der Waals surface area contributed by atoms with Gasteiger partial charge in [-0.2, -0.15) is 0 Å². The van der Waals surface area contributed by atoms with Gasteiger partial charge in [0.25, 0.3) is 0 Å². The smallest absolute Gasteiger partial charge is 0.198 e.